The fraction of sp³-hybridized carbons (Fsp3) is 0.333. The molecule has 0 spiro atoms. The minimum atomic E-state index is 0.693. The second kappa shape index (κ2) is 1.69. The number of allylic oxidation sites excluding steroid dienone is 1. The number of aliphatic imine (C=N–C) groups is 2. The van der Waals surface area contributed by atoms with Crippen molar-refractivity contribution in [1.82, 2.24) is 0 Å². The van der Waals surface area contributed by atoms with E-state index >= 15 is 0 Å². The van der Waals surface area contributed by atoms with Crippen LogP contribution in [0.5, 0.6) is 0 Å². The van der Waals surface area contributed by atoms with Crippen molar-refractivity contribution < 1.29 is 4.74 Å². The van der Waals surface area contributed by atoms with Gasteiger partial charge in [0.2, 0.25) is 0 Å². The van der Waals surface area contributed by atoms with Crippen LogP contribution in [0.4, 0.5) is 0 Å². The first-order chi connectivity index (χ1) is 4.47. The fourth-order valence-electron chi connectivity index (χ4n) is 0.857. The zero-order chi connectivity index (χ0) is 6.10. The van der Waals surface area contributed by atoms with Crippen molar-refractivity contribution in [1.29, 1.82) is 0 Å². The van der Waals surface area contributed by atoms with E-state index in [1.54, 1.807) is 12.4 Å². The molecule has 46 valence electrons. The highest BCUT2D eigenvalue weighted by Gasteiger charge is 2.13. The van der Waals surface area contributed by atoms with Gasteiger partial charge in [0, 0.05) is 0 Å². The molecule has 2 aliphatic heterocycles. The van der Waals surface area contributed by atoms with E-state index < -0.39 is 0 Å². The SMILES string of the molecule is C1=NC=C2OCCN=C12. The van der Waals surface area contributed by atoms with Crippen LogP contribution in [0.25, 0.3) is 0 Å². The molecule has 2 heterocycles. The van der Waals surface area contributed by atoms with E-state index in [1.165, 1.54) is 0 Å². The summed E-state index contributed by atoms with van der Waals surface area (Å²) < 4.78 is 5.21. The maximum Gasteiger partial charge on any atom is 0.164 e. The highest BCUT2D eigenvalue weighted by molar-refractivity contribution is 6.39. The summed E-state index contributed by atoms with van der Waals surface area (Å²) in [5.74, 6) is 0.821. The van der Waals surface area contributed by atoms with Crippen LogP contribution < -0.4 is 0 Å². The van der Waals surface area contributed by atoms with E-state index in [0.29, 0.717) is 6.61 Å². The van der Waals surface area contributed by atoms with Gasteiger partial charge in [-0.15, -0.1) is 0 Å². The largest absolute Gasteiger partial charge is 0.488 e. The predicted molar refractivity (Wildman–Crippen MR) is 34.8 cm³/mol. The van der Waals surface area contributed by atoms with Crippen molar-refractivity contribution in [3.63, 3.8) is 0 Å². The molecular weight excluding hydrogens is 116 g/mol. The molecule has 0 saturated heterocycles. The third-order valence-corrected chi connectivity index (χ3v) is 1.27. The Balaban J connectivity index is 2.38. The van der Waals surface area contributed by atoms with E-state index in [2.05, 4.69) is 9.98 Å². The number of nitrogens with zero attached hydrogens (tertiary/aromatic N) is 2. The minimum absolute atomic E-state index is 0.693. The zero-order valence-corrected chi connectivity index (χ0v) is 4.87. The molecule has 0 aliphatic carbocycles. The summed E-state index contributed by atoms with van der Waals surface area (Å²) in [6.45, 7) is 1.46. The Morgan fingerprint density at radius 2 is 2.56 bits per heavy atom. The highest BCUT2D eigenvalue weighted by atomic mass is 16.5. The topological polar surface area (TPSA) is 34.0 Å². The standard InChI is InChI=1S/C6H6N2O/c1-2-9-6-4-7-3-5(6)8-1/h3-4H,1-2H2. The summed E-state index contributed by atoms with van der Waals surface area (Å²) in [5, 5.41) is 0. The second-order valence-corrected chi connectivity index (χ2v) is 1.89. The molecule has 0 unspecified atom stereocenters. The third kappa shape index (κ3) is 0.650. The van der Waals surface area contributed by atoms with Crippen molar-refractivity contribution in [2.45, 2.75) is 0 Å². The van der Waals surface area contributed by atoms with Crippen molar-refractivity contribution in [2.24, 2.45) is 9.98 Å². The molecule has 0 fully saturated rings. The Bertz CT molecular complexity index is 215. The molecular formula is C6H6N2O. The van der Waals surface area contributed by atoms with Gasteiger partial charge < -0.3 is 4.74 Å². The Morgan fingerprint density at radius 1 is 1.56 bits per heavy atom. The Labute approximate surface area is 52.8 Å². The van der Waals surface area contributed by atoms with Gasteiger partial charge in [-0.05, 0) is 0 Å². The van der Waals surface area contributed by atoms with Crippen molar-refractivity contribution >= 4 is 11.9 Å². The fourth-order valence-corrected chi connectivity index (χ4v) is 0.857. The molecule has 0 aromatic heterocycles. The highest BCUT2D eigenvalue weighted by Crippen LogP contribution is 2.09. The van der Waals surface area contributed by atoms with E-state index in [9.17, 15) is 0 Å². The smallest absolute Gasteiger partial charge is 0.164 e. The summed E-state index contributed by atoms with van der Waals surface area (Å²) in [5.41, 5.74) is 0.890. The van der Waals surface area contributed by atoms with Crippen LogP contribution in [-0.4, -0.2) is 25.1 Å². The summed E-state index contributed by atoms with van der Waals surface area (Å²) >= 11 is 0. The van der Waals surface area contributed by atoms with Gasteiger partial charge in [-0.25, -0.2) is 0 Å². The number of fused-ring (bicyclic) bond motifs is 1. The van der Waals surface area contributed by atoms with Gasteiger partial charge in [0.25, 0.3) is 0 Å². The Kier molecular flexibility index (Phi) is 0.886. The van der Waals surface area contributed by atoms with E-state index in [0.717, 1.165) is 18.0 Å². The predicted octanol–water partition coefficient (Wildman–Crippen LogP) is 0.383. The van der Waals surface area contributed by atoms with Crippen molar-refractivity contribution in [3.8, 4) is 0 Å². The molecule has 3 heteroatoms. The quantitative estimate of drug-likeness (QED) is 0.457. The van der Waals surface area contributed by atoms with Gasteiger partial charge in [0.05, 0.1) is 19.0 Å². The molecule has 0 N–H and O–H groups in total. The van der Waals surface area contributed by atoms with Gasteiger partial charge in [0.15, 0.2) is 5.76 Å². The summed E-state index contributed by atoms with van der Waals surface area (Å²) in [6.07, 6.45) is 3.41. The molecule has 0 amide bonds. The van der Waals surface area contributed by atoms with Gasteiger partial charge in [-0.1, -0.05) is 0 Å². The van der Waals surface area contributed by atoms with Crippen LogP contribution in [0, 0.1) is 0 Å². The summed E-state index contributed by atoms with van der Waals surface area (Å²) in [4.78, 5) is 8.05. The number of hydrogen-bond donors (Lipinski definition) is 0. The first-order valence-corrected chi connectivity index (χ1v) is 2.88. The van der Waals surface area contributed by atoms with E-state index in [4.69, 9.17) is 4.74 Å². The van der Waals surface area contributed by atoms with E-state index in [1.807, 2.05) is 0 Å². The third-order valence-electron chi connectivity index (χ3n) is 1.27. The first-order valence-electron chi connectivity index (χ1n) is 2.88. The van der Waals surface area contributed by atoms with Crippen LogP contribution in [0.2, 0.25) is 0 Å². The van der Waals surface area contributed by atoms with Gasteiger partial charge in [0.1, 0.15) is 12.3 Å². The molecule has 0 aromatic rings. The van der Waals surface area contributed by atoms with Crippen LogP contribution in [0.3, 0.4) is 0 Å². The van der Waals surface area contributed by atoms with Crippen molar-refractivity contribution in [2.75, 3.05) is 13.2 Å². The Hall–Kier alpha value is -1.12. The number of rotatable bonds is 0. The molecule has 0 bridgehead atoms. The maximum absolute atomic E-state index is 5.21. The lowest BCUT2D eigenvalue weighted by Crippen LogP contribution is -2.13. The lowest BCUT2D eigenvalue weighted by molar-refractivity contribution is 0.233. The average Bonchev–Trinajstić information content (AvgIpc) is 2.33. The van der Waals surface area contributed by atoms with Crippen LogP contribution in [0.1, 0.15) is 0 Å². The van der Waals surface area contributed by atoms with Gasteiger partial charge >= 0.3 is 0 Å². The van der Waals surface area contributed by atoms with Crippen molar-refractivity contribution in [3.05, 3.63) is 12.0 Å². The molecule has 2 rings (SSSR count). The normalized spacial score (nSPS) is 22.2. The molecule has 0 atom stereocenters. The van der Waals surface area contributed by atoms with E-state index in [-0.39, 0.29) is 0 Å². The molecule has 0 radical (unpaired) electrons. The second-order valence-electron chi connectivity index (χ2n) is 1.89. The van der Waals surface area contributed by atoms with Crippen LogP contribution in [-0.2, 0) is 4.74 Å². The monoisotopic (exact) mass is 122 g/mol. The van der Waals surface area contributed by atoms with Gasteiger partial charge in [-0.2, -0.15) is 0 Å². The molecule has 9 heavy (non-hydrogen) atoms. The molecule has 0 aromatic carbocycles. The Morgan fingerprint density at radius 3 is 3.44 bits per heavy atom. The lowest BCUT2D eigenvalue weighted by atomic mass is 10.3. The minimum Gasteiger partial charge on any atom is -0.488 e. The number of hydrogen-bond acceptors (Lipinski definition) is 3. The molecule has 3 nitrogen and oxygen atoms in total. The average molecular weight is 122 g/mol. The van der Waals surface area contributed by atoms with Crippen LogP contribution in [0.15, 0.2) is 21.9 Å². The maximum atomic E-state index is 5.21. The molecule has 2 aliphatic rings. The summed E-state index contributed by atoms with van der Waals surface area (Å²) in [6, 6.07) is 0. The zero-order valence-electron chi connectivity index (χ0n) is 4.87. The lowest BCUT2D eigenvalue weighted by Gasteiger charge is -2.10. The summed E-state index contributed by atoms with van der Waals surface area (Å²) in [7, 11) is 0. The van der Waals surface area contributed by atoms with Crippen LogP contribution >= 0.6 is 0 Å². The number of ether oxygens (including phenoxy) is 1. The van der Waals surface area contributed by atoms with Gasteiger partial charge in [-0.3, -0.25) is 9.98 Å². The first kappa shape index (κ1) is 4.73. The molecule has 0 saturated carbocycles.